The van der Waals surface area contributed by atoms with E-state index in [0.29, 0.717) is 5.92 Å². The lowest BCUT2D eigenvalue weighted by atomic mass is 9.64. The number of hydrogen-bond donors (Lipinski definition) is 0. The number of carbonyl (C=O) groups is 1. The summed E-state index contributed by atoms with van der Waals surface area (Å²) < 4.78 is 5.06. The summed E-state index contributed by atoms with van der Waals surface area (Å²) in [4.78, 5) is 11.9. The maximum absolute atomic E-state index is 11.9. The molecule has 1 fully saturated rings. The summed E-state index contributed by atoms with van der Waals surface area (Å²) in [6.07, 6.45) is 8.48. The van der Waals surface area contributed by atoms with Gasteiger partial charge < -0.3 is 4.74 Å². The van der Waals surface area contributed by atoms with Crippen LogP contribution in [0.3, 0.4) is 0 Å². The summed E-state index contributed by atoms with van der Waals surface area (Å²) in [7, 11) is 0. The van der Waals surface area contributed by atoms with Crippen LogP contribution in [0.4, 0.5) is 0 Å². The highest BCUT2D eigenvalue weighted by Gasteiger charge is 2.42. The molecule has 2 atom stereocenters. The van der Waals surface area contributed by atoms with Crippen molar-refractivity contribution >= 4 is 5.97 Å². The van der Waals surface area contributed by atoms with Crippen LogP contribution in [0.15, 0.2) is 0 Å². The zero-order chi connectivity index (χ0) is 11.5. The molecule has 2 nitrogen and oxygen atoms in total. The predicted molar refractivity (Wildman–Crippen MR) is 60.1 cm³/mol. The average molecular weight is 208 g/mol. The number of carbonyl (C=O) groups excluding carboxylic acids is 1. The Morgan fingerprint density at radius 1 is 1.60 bits per heavy atom. The highest BCUT2D eigenvalue weighted by molar-refractivity contribution is 5.74. The monoisotopic (exact) mass is 208 g/mol. The van der Waals surface area contributed by atoms with Crippen LogP contribution in [0.1, 0.15) is 40.0 Å². The van der Waals surface area contributed by atoms with Crippen LogP contribution >= 0.6 is 0 Å². The maximum Gasteiger partial charge on any atom is 0.310 e. The number of terminal acetylenes is 1. The van der Waals surface area contributed by atoms with Crippen molar-refractivity contribution in [2.45, 2.75) is 40.0 Å². The Kier molecular flexibility index (Phi) is 3.79. The molecule has 15 heavy (non-hydrogen) atoms. The van der Waals surface area contributed by atoms with Gasteiger partial charge in [0.05, 0.1) is 5.92 Å². The smallest absolute Gasteiger partial charge is 0.310 e. The van der Waals surface area contributed by atoms with Crippen LogP contribution in [0, 0.1) is 29.6 Å². The van der Waals surface area contributed by atoms with Crippen LogP contribution in [0.2, 0.25) is 0 Å². The van der Waals surface area contributed by atoms with Crippen molar-refractivity contribution in [2.75, 3.05) is 6.61 Å². The zero-order valence-corrected chi connectivity index (χ0v) is 9.88. The van der Waals surface area contributed by atoms with Gasteiger partial charge in [-0.25, -0.2) is 0 Å². The lowest BCUT2D eigenvalue weighted by Crippen LogP contribution is -2.40. The molecule has 0 bridgehead atoms. The zero-order valence-electron chi connectivity index (χ0n) is 9.88. The van der Waals surface area contributed by atoms with Gasteiger partial charge >= 0.3 is 5.97 Å². The number of hydrogen-bond acceptors (Lipinski definition) is 2. The van der Waals surface area contributed by atoms with Gasteiger partial charge in [-0.1, -0.05) is 33.1 Å². The van der Waals surface area contributed by atoms with E-state index in [4.69, 9.17) is 11.2 Å². The molecule has 2 heteroatoms. The van der Waals surface area contributed by atoms with Crippen molar-refractivity contribution < 1.29 is 9.53 Å². The van der Waals surface area contributed by atoms with E-state index < -0.39 is 0 Å². The van der Waals surface area contributed by atoms with Gasteiger partial charge in [0.2, 0.25) is 0 Å². The maximum atomic E-state index is 11.9. The molecule has 84 valence electrons. The van der Waals surface area contributed by atoms with E-state index in [0.717, 1.165) is 12.8 Å². The quantitative estimate of drug-likeness (QED) is 0.515. The highest BCUT2D eigenvalue weighted by atomic mass is 16.5. The summed E-state index contributed by atoms with van der Waals surface area (Å²) in [5.41, 5.74) is 0.0450. The van der Waals surface area contributed by atoms with Gasteiger partial charge in [0.15, 0.2) is 6.61 Å². The van der Waals surface area contributed by atoms with Crippen molar-refractivity contribution in [2.24, 2.45) is 17.3 Å². The van der Waals surface area contributed by atoms with Crippen molar-refractivity contribution in [1.82, 2.24) is 0 Å². The van der Waals surface area contributed by atoms with Crippen molar-refractivity contribution in [3.8, 4) is 12.3 Å². The van der Waals surface area contributed by atoms with Gasteiger partial charge in [-0.15, -0.1) is 6.42 Å². The molecule has 0 aliphatic heterocycles. The molecular weight excluding hydrogens is 188 g/mol. The van der Waals surface area contributed by atoms with E-state index in [2.05, 4.69) is 26.7 Å². The van der Waals surface area contributed by atoms with E-state index >= 15 is 0 Å². The third-order valence-electron chi connectivity index (χ3n) is 3.44. The molecule has 0 unspecified atom stereocenters. The predicted octanol–water partition coefficient (Wildman–Crippen LogP) is 2.63. The molecule has 1 aliphatic carbocycles. The Bertz CT molecular complexity index is 273. The summed E-state index contributed by atoms with van der Waals surface area (Å²) in [6.45, 7) is 6.51. The molecule has 0 aromatic carbocycles. The first-order chi connectivity index (χ1) is 6.99. The molecule has 1 saturated carbocycles. The summed E-state index contributed by atoms with van der Waals surface area (Å²) >= 11 is 0. The summed E-state index contributed by atoms with van der Waals surface area (Å²) in [6, 6.07) is 0. The summed E-state index contributed by atoms with van der Waals surface area (Å²) in [5.74, 6) is 2.62. The van der Waals surface area contributed by atoms with Crippen LogP contribution < -0.4 is 0 Å². The summed E-state index contributed by atoms with van der Waals surface area (Å²) in [5, 5.41) is 0. The van der Waals surface area contributed by atoms with E-state index in [1.165, 1.54) is 6.42 Å². The van der Waals surface area contributed by atoms with Crippen LogP contribution in [-0.2, 0) is 9.53 Å². The Morgan fingerprint density at radius 2 is 2.27 bits per heavy atom. The Morgan fingerprint density at radius 3 is 2.80 bits per heavy atom. The minimum absolute atomic E-state index is 0.000370. The molecule has 0 heterocycles. The number of ether oxygens (including phenoxy) is 1. The lowest BCUT2D eigenvalue weighted by Gasteiger charge is -2.40. The third-order valence-corrected chi connectivity index (χ3v) is 3.44. The average Bonchev–Trinajstić information content (AvgIpc) is 2.13. The number of rotatable bonds is 2. The second-order valence-corrected chi connectivity index (χ2v) is 5.15. The first-order valence-electron chi connectivity index (χ1n) is 5.59. The molecule has 0 radical (unpaired) electrons. The van der Waals surface area contributed by atoms with Crippen LogP contribution in [-0.4, -0.2) is 12.6 Å². The van der Waals surface area contributed by atoms with Crippen molar-refractivity contribution in [1.29, 1.82) is 0 Å². The van der Waals surface area contributed by atoms with Crippen LogP contribution in [0.25, 0.3) is 0 Å². The van der Waals surface area contributed by atoms with Gasteiger partial charge in [-0.2, -0.15) is 0 Å². The van der Waals surface area contributed by atoms with Crippen molar-refractivity contribution in [3.63, 3.8) is 0 Å². The molecule has 0 spiro atoms. The molecule has 0 aromatic rings. The largest absolute Gasteiger partial charge is 0.452 e. The molecule has 0 aromatic heterocycles. The normalized spacial score (nSPS) is 29.2. The van der Waals surface area contributed by atoms with E-state index in [9.17, 15) is 4.79 Å². The lowest BCUT2D eigenvalue weighted by molar-refractivity contribution is -0.156. The van der Waals surface area contributed by atoms with E-state index in [-0.39, 0.29) is 23.9 Å². The number of esters is 1. The van der Waals surface area contributed by atoms with Crippen LogP contribution in [0.5, 0.6) is 0 Å². The van der Waals surface area contributed by atoms with Gasteiger partial charge in [0.25, 0.3) is 0 Å². The second kappa shape index (κ2) is 4.70. The van der Waals surface area contributed by atoms with Crippen molar-refractivity contribution in [3.05, 3.63) is 0 Å². The highest BCUT2D eigenvalue weighted by Crippen LogP contribution is 2.44. The van der Waals surface area contributed by atoms with E-state index in [1.54, 1.807) is 0 Å². The molecule has 1 rings (SSSR count). The van der Waals surface area contributed by atoms with Gasteiger partial charge in [0, 0.05) is 0 Å². The topological polar surface area (TPSA) is 26.3 Å². The fourth-order valence-electron chi connectivity index (χ4n) is 2.73. The molecule has 1 aliphatic rings. The minimum atomic E-state index is -0.120. The standard InChI is InChI=1S/C13H20O2/c1-5-9-15-12(14)11-10(2)7-6-8-13(11,3)4/h1,10-11H,6-9H2,2-4H3/t10-,11+/m0/s1. The minimum Gasteiger partial charge on any atom is -0.452 e. The van der Waals surface area contributed by atoms with E-state index in [1.807, 2.05) is 0 Å². The second-order valence-electron chi connectivity index (χ2n) is 5.15. The van der Waals surface area contributed by atoms with Gasteiger partial charge in [-0.3, -0.25) is 4.79 Å². The third kappa shape index (κ3) is 2.75. The molecular formula is C13H20O2. The Labute approximate surface area is 92.4 Å². The first-order valence-corrected chi connectivity index (χ1v) is 5.59. The van der Waals surface area contributed by atoms with Gasteiger partial charge in [-0.05, 0) is 24.2 Å². The molecule has 0 amide bonds. The fraction of sp³-hybridized carbons (Fsp3) is 0.769. The SMILES string of the molecule is C#CCOC(=O)[C@H]1[C@@H](C)CCCC1(C)C. The molecule has 0 N–H and O–H groups in total. The Hall–Kier alpha value is -0.970. The fourth-order valence-corrected chi connectivity index (χ4v) is 2.73. The Balaban J connectivity index is 2.71. The first kappa shape index (κ1) is 12.1. The van der Waals surface area contributed by atoms with Gasteiger partial charge in [0.1, 0.15) is 0 Å². The molecule has 0 saturated heterocycles.